The van der Waals surface area contributed by atoms with Gasteiger partial charge in [-0.15, -0.1) is 0 Å². The van der Waals surface area contributed by atoms with Gasteiger partial charge in [0, 0.05) is 0 Å². The van der Waals surface area contributed by atoms with Gasteiger partial charge in [0.2, 0.25) is 0 Å². The SMILES string of the molecule is C=CC[PH](CC=C)(CC=C)C(=O)c1ccccc1. The number of allylic oxidation sites excluding steroid dienone is 3. The molecule has 1 aromatic carbocycles. The van der Waals surface area contributed by atoms with E-state index < -0.39 is 7.26 Å². The molecule has 0 aliphatic carbocycles. The van der Waals surface area contributed by atoms with Crippen LogP contribution in [0.4, 0.5) is 0 Å². The Morgan fingerprint density at radius 2 is 1.39 bits per heavy atom. The molecule has 1 nitrogen and oxygen atoms in total. The molecule has 0 fully saturated rings. The van der Waals surface area contributed by atoms with Gasteiger partial charge in [-0.3, -0.25) is 0 Å². The van der Waals surface area contributed by atoms with Crippen LogP contribution in [-0.2, 0) is 0 Å². The first kappa shape index (κ1) is 14.6. The fraction of sp³-hybridized carbons (Fsp3) is 0.188. The fourth-order valence-electron chi connectivity index (χ4n) is 2.25. The first-order valence-corrected chi connectivity index (χ1v) is 8.75. The Morgan fingerprint density at radius 3 is 1.78 bits per heavy atom. The third kappa shape index (κ3) is 3.27. The van der Waals surface area contributed by atoms with Crippen molar-refractivity contribution < 1.29 is 4.79 Å². The fourth-order valence-corrected chi connectivity index (χ4v) is 5.75. The Balaban J connectivity index is 3.15. The van der Waals surface area contributed by atoms with Crippen molar-refractivity contribution in [2.24, 2.45) is 0 Å². The molecule has 0 radical (unpaired) electrons. The van der Waals surface area contributed by atoms with Crippen LogP contribution in [0.2, 0.25) is 0 Å². The Kier molecular flexibility index (Phi) is 5.74. The van der Waals surface area contributed by atoms with Crippen LogP contribution in [0, 0.1) is 0 Å². The standard InChI is InChI=1S/C16H21OP/c1-4-12-18(13-5-2,14-6-3)16(17)15-10-8-7-9-11-15/h4-11,18H,1-3,12-14H2. The van der Waals surface area contributed by atoms with E-state index in [9.17, 15) is 4.79 Å². The number of hydrogen-bond donors (Lipinski definition) is 0. The van der Waals surface area contributed by atoms with E-state index in [1.165, 1.54) is 0 Å². The number of hydrogen-bond acceptors (Lipinski definition) is 1. The number of benzene rings is 1. The van der Waals surface area contributed by atoms with Crippen molar-refractivity contribution in [1.82, 2.24) is 0 Å². The minimum atomic E-state index is -2.13. The van der Waals surface area contributed by atoms with E-state index in [1.807, 2.05) is 48.6 Å². The molecule has 0 spiro atoms. The summed E-state index contributed by atoms with van der Waals surface area (Å²) < 4.78 is 0. The van der Waals surface area contributed by atoms with Gasteiger partial charge in [0.1, 0.15) is 0 Å². The molecule has 2 heteroatoms. The van der Waals surface area contributed by atoms with Gasteiger partial charge in [0.05, 0.1) is 0 Å². The molecule has 0 amide bonds. The summed E-state index contributed by atoms with van der Waals surface area (Å²) in [6.07, 6.45) is 7.91. The van der Waals surface area contributed by atoms with Crippen LogP contribution < -0.4 is 0 Å². The maximum atomic E-state index is 12.8. The minimum absolute atomic E-state index is 0.280. The number of rotatable bonds is 8. The van der Waals surface area contributed by atoms with Gasteiger partial charge in [0.25, 0.3) is 0 Å². The van der Waals surface area contributed by atoms with Crippen molar-refractivity contribution in [2.75, 3.05) is 18.5 Å². The van der Waals surface area contributed by atoms with Gasteiger partial charge in [-0.05, 0) is 0 Å². The van der Waals surface area contributed by atoms with Crippen LogP contribution in [0.3, 0.4) is 0 Å². The monoisotopic (exact) mass is 260 g/mol. The Labute approximate surface area is 110 Å². The molecule has 0 atom stereocenters. The second-order valence-electron chi connectivity index (χ2n) is 4.45. The van der Waals surface area contributed by atoms with Gasteiger partial charge < -0.3 is 0 Å². The van der Waals surface area contributed by atoms with Crippen LogP contribution >= 0.6 is 7.26 Å². The average molecular weight is 260 g/mol. The van der Waals surface area contributed by atoms with E-state index in [0.29, 0.717) is 0 Å². The average Bonchev–Trinajstić information content (AvgIpc) is 2.39. The summed E-state index contributed by atoms with van der Waals surface area (Å²) in [5.41, 5.74) is 1.08. The summed E-state index contributed by atoms with van der Waals surface area (Å²) in [5.74, 6) is 0. The molecule has 0 N–H and O–H groups in total. The van der Waals surface area contributed by atoms with Crippen LogP contribution in [0.15, 0.2) is 68.3 Å². The Hall–Kier alpha value is -1.46. The second-order valence-corrected chi connectivity index (χ2v) is 8.69. The van der Waals surface area contributed by atoms with Crippen molar-refractivity contribution in [3.8, 4) is 0 Å². The zero-order valence-electron chi connectivity index (χ0n) is 10.8. The van der Waals surface area contributed by atoms with Gasteiger partial charge >= 0.3 is 110 Å². The van der Waals surface area contributed by atoms with E-state index in [-0.39, 0.29) is 5.52 Å². The quantitative estimate of drug-likeness (QED) is 0.507. The van der Waals surface area contributed by atoms with E-state index in [0.717, 1.165) is 24.0 Å². The van der Waals surface area contributed by atoms with E-state index in [4.69, 9.17) is 0 Å². The summed E-state index contributed by atoms with van der Waals surface area (Å²) >= 11 is 0. The van der Waals surface area contributed by atoms with Gasteiger partial charge in [-0.2, -0.15) is 0 Å². The van der Waals surface area contributed by atoms with Crippen molar-refractivity contribution >= 4 is 12.8 Å². The summed E-state index contributed by atoms with van der Waals surface area (Å²) in [6.45, 7) is 11.4. The third-order valence-electron chi connectivity index (χ3n) is 3.12. The zero-order chi connectivity index (χ0) is 13.4. The van der Waals surface area contributed by atoms with Crippen LogP contribution in [0.5, 0.6) is 0 Å². The second kappa shape index (κ2) is 7.08. The molecule has 0 heterocycles. The molecule has 0 saturated heterocycles. The molecular formula is C16H21OP. The third-order valence-corrected chi connectivity index (χ3v) is 7.59. The summed E-state index contributed by atoms with van der Waals surface area (Å²) in [7, 11) is -2.13. The first-order valence-electron chi connectivity index (χ1n) is 6.12. The predicted molar refractivity (Wildman–Crippen MR) is 84.3 cm³/mol. The van der Waals surface area contributed by atoms with Crippen molar-refractivity contribution in [3.05, 3.63) is 73.9 Å². The molecule has 18 heavy (non-hydrogen) atoms. The summed E-state index contributed by atoms with van der Waals surface area (Å²) in [4.78, 5) is 12.8. The molecule has 96 valence electrons. The molecule has 0 aromatic heterocycles. The molecule has 0 aliphatic heterocycles. The molecule has 1 aromatic rings. The summed E-state index contributed by atoms with van der Waals surface area (Å²) in [6, 6.07) is 9.51. The Bertz CT molecular complexity index is 407. The summed E-state index contributed by atoms with van der Waals surface area (Å²) in [5, 5.41) is 0. The zero-order valence-corrected chi connectivity index (χ0v) is 11.8. The van der Waals surface area contributed by atoms with Crippen LogP contribution in [-0.4, -0.2) is 24.0 Å². The number of carbonyl (C=O) groups is 1. The predicted octanol–water partition coefficient (Wildman–Crippen LogP) is 4.13. The van der Waals surface area contributed by atoms with E-state index in [1.54, 1.807) is 0 Å². The molecule has 0 bridgehead atoms. The maximum absolute atomic E-state index is 12.8. The molecule has 1 rings (SSSR count). The normalized spacial score (nSPS) is 11.6. The molecule has 0 saturated carbocycles. The van der Waals surface area contributed by atoms with Gasteiger partial charge in [-0.1, -0.05) is 0 Å². The van der Waals surface area contributed by atoms with E-state index in [2.05, 4.69) is 19.7 Å². The first-order chi connectivity index (χ1) is 8.70. The topological polar surface area (TPSA) is 17.1 Å². The van der Waals surface area contributed by atoms with Crippen molar-refractivity contribution in [3.63, 3.8) is 0 Å². The van der Waals surface area contributed by atoms with Gasteiger partial charge in [-0.25, -0.2) is 0 Å². The molecule has 0 aliphatic rings. The molecule has 0 unspecified atom stereocenters. The Morgan fingerprint density at radius 1 is 0.944 bits per heavy atom. The van der Waals surface area contributed by atoms with Crippen molar-refractivity contribution in [1.29, 1.82) is 0 Å². The molecular weight excluding hydrogens is 239 g/mol. The number of carbonyl (C=O) groups excluding carboxylic acids is 1. The van der Waals surface area contributed by atoms with Gasteiger partial charge in [0.15, 0.2) is 0 Å². The van der Waals surface area contributed by atoms with Crippen LogP contribution in [0.1, 0.15) is 10.4 Å². The van der Waals surface area contributed by atoms with E-state index >= 15 is 0 Å². The van der Waals surface area contributed by atoms with Crippen LogP contribution in [0.25, 0.3) is 0 Å². The van der Waals surface area contributed by atoms with Crippen molar-refractivity contribution in [2.45, 2.75) is 0 Å².